The Labute approximate surface area is 169 Å². The fraction of sp³-hybridized carbons (Fsp3) is 0.455. The molecule has 0 bridgehead atoms. The third kappa shape index (κ3) is 3.57. The van der Waals surface area contributed by atoms with Crippen molar-refractivity contribution < 1.29 is 14.4 Å². The predicted octanol–water partition coefficient (Wildman–Crippen LogP) is 3.37. The van der Waals surface area contributed by atoms with Gasteiger partial charge < -0.3 is 10.6 Å². The Morgan fingerprint density at radius 3 is 2.72 bits per heavy atom. The third-order valence-corrected chi connectivity index (χ3v) is 6.22. The molecule has 1 spiro atoms. The van der Waals surface area contributed by atoms with E-state index < -0.39 is 17.5 Å². The average Bonchev–Trinajstić information content (AvgIpc) is 2.93. The maximum absolute atomic E-state index is 13.0. The molecular weight excluding hydrogens is 368 g/mol. The second-order valence-electron chi connectivity index (χ2n) is 8.13. The number of nitrogens with zero attached hydrogens (tertiary/aromatic N) is 2. The number of urea groups is 1. The van der Waals surface area contributed by atoms with Gasteiger partial charge in [-0.25, -0.2) is 4.79 Å². The molecule has 2 fully saturated rings. The minimum Gasteiger partial charge on any atom is -0.323 e. The molecule has 2 heterocycles. The first kappa shape index (κ1) is 19.4. The van der Waals surface area contributed by atoms with Gasteiger partial charge in [0.25, 0.3) is 5.91 Å². The summed E-state index contributed by atoms with van der Waals surface area (Å²) in [7, 11) is 0. The molecule has 1 aliphatic heterocycles. The fourth-order valence-electron chi connectivity index (χ4n) is 4.42. The van der Waals surface area contributed by atoms with Crippen LogP contribution in [0.15, 0.2) is 30.3 Å². The molecule has 152 valence electrons. The smallest absolute Gasteiger partial charge is 0.323 e. The van der Waals surface area contributed by atoms with E-state index in [4.69, 9.17) is 0 Å². The maximum Gasteiger partial charge on any atom is 0.325 e. The molecular formula is C22H26N4O3. The Balaban J connectivity index is 1.47. The zero-order valence-electron chi connectivity index (χ0n) is 16.8. The van der Waals surface area contributed by atoms with Crippen molar-refractivity contribution in [1.29, 1.82) is 0 Å². The van der Waals surface area contributed by atoms with E-state index in [1.165, 1.54) is 0 Å². The zero-order valence-corrected chi connectivity index (χ0v) is 16.8. The highest BCUT2D eigenvalue weighted by Crippen LogP contribution is 2.37. The highest BCUT2D eigenvalue weighted by molar-refractivity contribution is 6.11. The number of para-hydroxylation sites is 1. The Kier molecular flexibility index (Phi) is 4.98. The number of anilines is 1. The molecule has 1 aliphatic carbocycles. The summed E-state index contributed by atoms with van der Waals surface area (Å²) in [6.45, 7) is 3.74. The minimum atomic E-state index is -0.832. The largest absolute Gasteiger partial charge is 0.325 e. The number of pyridine rings is 1. The van der Waals surface area contributed by atoms with Crippen LogP contribution in [-0.2, 0) is 9.59 Å². The van der Waals surface area contributed by atoms with E-state index in [1.54, 1.807) is 6.07 Å². The second kappa shape index (κ2) is 7.46. The van der Waals surface area contributed by atoms with Gasteiger partial charge in [-0.05, 0) is 50.7 Å². The quantitative estimate of drug-likeness (QED) is 0.778. The van der Waals surface area contributed by atoms with E-state index in [1.807, 2.05) is 31.2 Å². The summed E-state index contributed by atoms with van der Waals surface area (Å²) in [6.07, 6.45) is 4.21. The number of aromatic nitrogens is 1. The monoisotopic (exact) mass is 394 g/mol. The lowest BCUT2D eigenvalue weighted by molar-refractivity contribution is -0.135. The summed E-state index contributed by atoms with van der Waals surface area (Å²) in [5.74, 6) is -0.0901. The van der Waals surface area contributed by atoms with Crippen molar-refractivity contribution in [3.63, 3.8) is 0 Å². The van der Waals surface area contributed by atoms with Crippen molar-refractivity contribution in [2.75, 3.05) is 11.9 Å². The number of rotatable bonds is 4. The topological polar surface area (TPSA) is 91.4 Å². The van der Waals surface area contributed by atoms with Crippen LogP contribution < -0.4 is 10.6 Å². The van der Waals surface area contributed by atoms with Crippen LogP contribution in [-0.4, -0.2) is 39.8 Å². The molecule has 2 N–H and O–H groups in total. The second-order valence-corrected chi connectivity index (χ2v) is 8.13. The third-order valence-electron chi connectivity index (χ3n) is 6.22. The summed E-state index contributed by atoms with van der Waals surface area (Å²) in [4.78, 5) is 43.6. The number of benzene rings is 1. The summed E-state index contributed by atoms with van der Waals surface area (Å²) < 4.78 is 0. The van der Waals surface area contributed by atoms with Crippen LogP contribution in [0.5, 0.6) is 0 Å². The number of carbonyl (C=O) groups is 3. The number of imide groups is 1. The Hall–Kier alpha value is -2.96. The molecule has 4 rings (SSSR count). The van der Waals surface area contributed by atoms with E-state index >= 15 is 0 Å². The minimum absolute atomic E-state index is 0.279. The molecule has 1 saturated heterocycles. The number of aryl methyl sites for hydroxylation is 1. The fourth-order valence-corrected chi connectivity index (χ4v) is 4.42. The maximum atomic E-state index is 13.0. The first-order chi connectivity index (χ1) is 13.9. The van der Waals surface area contributed by atoms with Crippen LogP contribution in [0, 0.1) is 12.8 Å². The number of nitrogens with one attached hydrogen (secondary N) is 2. The van der Waals surface area contributed by atoms with Gasteiger partial charge in [-0.2, -0.15) is 0 Å². The van der Waals surface area contributed by atoms with Crippen LogP contribution >= 0.6 is 0 Å². The van der Waals surface area contributed by atoms with Gasteiger partial charge in [0.2, 0.25) is 5.91 Å². The predicted molar refractivity (Wildman–Crippen MR) is 110 cm³/mol. The van der Waals surface area contributed by atoms with Crippen molar-refractivity contribution in [3.8, 4) is 0 Å². The molecule has 4 amide bonds. The Morgan fingerprint density at radius 2 is 2.00 bits per heavy atom. The zero-order chi connectivity index (χ0) is 20.6. The van der Waals surface area contributed by atoms with E-state index in [2.05, 4.69) is 22.5 Å². The van der Waals surface area contributed by atoms with Gasteiger partial charge in [-0.3, -0.25) is 19.5 Å². The Bertz CT molecular complexity index is 979. The number of amides is 4. The Morgan fingerprint density at radius 1 is 1.24 bits per heavy atom. The molecule has 0 unspecified atom stereocenters. The van der Waals surface area contributed by atoms with Gasteiger partial charge in [0, 0.05) is 11.1 Å². The van der Waals surface area contributed by atoms with E-state index in [-0.39, 0.29) is 12.5 Å². The normalized spacial score (nSPS) is 24.2. The van der Waals surface area contributed by atoms with Gasteiger partial charge >= 0.3 is 6.03 Å². The summed E-state index contributed by atoms with van der Waals surface area (Å²) >= 11 is 0. The van der Waals surface area contributed by atoms with Gasteiger partial charge in [0.1, 0.15) is 12.1 Å². The van der Waals surface area contributed by atoms with Crippen LogP contribution in [0.25, 0.3) is 10.9 Å². The number of fused-ring (bicyclic) bond motifs is 1. The average molecular weight is 394 g/mol. The summed E-state index contributed by atoms with van der Waals surface area (Å²) in [5, 5.41) is 6.59. The highest BCUT2D eigenvalue weighted by Gasteiger charge is 2.52. The van der Waals surface area contributed by atoms with Crippen molar-refractivity contribution in [2.45, 2.75) is 51.5 Å². The van der Waals surface area contributed by atoms with E-state index in [0.29, 0.717) is 30.0 Å². The standard InChI is InChI=1S/C22H26N4O3/c1-3-15-9-11-22(12-10-15)20(28)26(21(29)25-22)13-18(27)24-17-6-4-5-16-8-7-14(2)23-19(16)17/h4-8,15H,3,9-13H2,1-2H3,(H,24,27)(H,25,29). The summed E-state index contributed by atoms with van der Waals surface area (Å²) in [6, 6.07) is 8.91. The summed E-state index contributed by atoms with van der Waals surface area (Å²) in [5.41, 5.74) is 1.27. The van der Waals surface area contributed by atoms with Gasteiger partial charge in [-0.15, -0.1) is 0 Å². The van der Waals surface area contributed by atoms with Crippen LogP contribution in [0.4, 0.5) is 10.5 Å². The van der Waals surface area contributed by atoms with E-state index in [9.17, 15) is 14.4 Å². The lowest BCUT2D eigenvalue weighted by Gasteiger charge is -2.34. The number of carbonyl (C=O) groups excluding carboxylic acids is 3. The van der Waals surface area contributed by atoms with E-state index in [0.717, 1.165) is 35.2 Å². The number of hydrogen-bond acceptors (Lipinski definition) is 4. The molecule has 1 aromatic carbocycles. The molecule has 0 radical (unpaired) electrons. The first-order valence-corrected chi connectivity index (χ1v) is 10.2. The van der Waals surface area contributed by atoms with Crippen LogP contribution in [0.2, 0.25) is 0 Å². The molecule has 1 aromatic heterocycles. The molecule has 1 saturated carbocycles. The lowest BCUT2D eigenvalue weighted by atomic mass is 9.75. The van der Waals surface area contributed by atoms with Crippen LogP contribution in [0.3, 0.4) is 0 Å². The molecule has 2 aromatic rings. The number of hydrogen-bond donors (Lipinski definition) is 2. The lowest BCUT2D eigenvalue weighted by Crippen LogP contribution is -2.49. The van der Waals surface area contributed by atoms with Crippen molar-refractivity contribution >= 4 is 34.4 Å². The highest BCUT2D eigenvalue weighted by atomic mass is 16.2. The molecule has 7 heteroatoms. The first-order valence-electron chi connectivity index (χ1n) is 10.2. The van der Waals surface area contributed by atoms with Gasteiger partial charge in [0.05, 0.1) is 11.2 Å². The molecule has 7 nitrogen and oxygen atoms in total. The van der Waals surface area contributed by atoms with Crippen molar-refractivity contribution in [1.82, 2.24) is 15.2 Å². The molecule has 29 heavy (non-hydrogen) atoms. The molecule has 0 atom stereocenters. The SMILES string of the molecule is CCC1CCC2(CC1)NC(=O)N(CC(=O)Nc1cccc3ccc(C)nc13)C2=O. The molecule has 2 aliphatic rings. The van der Waals surface area contributed by atoms with Gasteiger partial charge in [-0.1, -0.05) is 31.5 Å². The van der Waals surface area contributed by atoms with Gasteiger partial charge in [0.15, 0.2) is 0 Å². The van der Waals surface area contributed by atoms with Crippen LogP contribution in [0.1, 0.15) is 44.7 Å². The van der Waals surface area contributed by atoms with Crippen molar-refractivity contribution in [2.24, 2.45) is 5.92 Å². The van der Waals surface area contributed by atoms with Crippen molar-refractivity contribution in [3.05, 3.63) is 36.0 Å².